The topological polar surface area (TPSA) is 163 Å². The summed E-state index contributed by atoms with van der Waals surface area (Å²) in [6.45, 7) is 3.88. The highest BCUT2D eigenvalue weighted by Crippen LogP contribution is 2.34. The third-order valence-electron chi connectivity index (χ3n) is 11.5. The Morgan fingerprint density at radius 2 is 1.64 bits per heavy atom. The van der Waals surface area contributed by atoms with E-state index in [4.69, 9.17) is 0 Å². The Balaban J connectivity index is 0.781. The van der Waals surface area contributed by atoms with Gasteiger partial charge in [-0.2, -0.15) is 5.10 Å². The minimum Gasteiger partial charge on any atom is -0.371 e. The number of amides is 5. The van der Waals surface area contributed by atoms with Crippen LogP contribution in [0.2, 0.25) is 0 Å². The van der Waals surface area contributed by atoms with Crippen molar-refractivity contribution in [1.82, 2.24) is 30.0 Å². The molecule has 3 aromatic carbocycles. The molecule has 1 aliphatic carbocycles. The van der Waals surface area contributed by atoms with Crippen LogP contribution >= 0.6 is 0 Å². The van der Waals surface area contributed by atoms with Crippen LogP contribution in [0.5, 0.6) is 0 Å². The minimum absolute atomic E-state index is 0.0311. The number of para-hydroxylation sites is 1. The molecule has 2 saturated heterocycles. The molecule has 284 valence electrons. The van der Waals surface area contributed by atoms with E-state index in [1.54, 1.807) is 19.1 Å². The first kappa shape index (κ1) is 35.3. The van der Waals surface area contributed by atoms with Crippen LogP contribution in [-0.4, -0.2) is 85.4 Å². The van der Waals surface area contributed by atoms with Gasteiger partial charge in [-0.1, -0.05) is 30.3 Å². The number of benzene rings is 3. The van der Waals surface area contributed by atoms with Crippen molar-refractivity contribution in [3.63, 3.8) is 0 Å². The Morgan fingerprint density at radius 1 is 0.875 bits per heavy atom. The molecule has 4 aliphatic rings. The molecule has 0 spiro atoms. The highest BCUT2D eigenvalue weighted by atomic mass is 16.2. The fourth-order valence-corrected chi connectivity index (χ4v) is 8.60. The smallest absolute Gasteiger partial charge is 0.262 e. The van der Waals surface area contributed by atoms with Crippen molar-refractivity contribution in [3.8, 4) is 11.1 Å². The molecule has 3 aliphatic heterocycles. The molecular formula is C42H41N9O5. The van der Waals surface area contributed by atoms with Crippen molar-refractivity contribution in [2.24, 2.45) is 5.92 Å². The Bertz CT molecular complexity index is 2380. The van der Waals surface area contributed by atoms with Crippen LogP contribution in [-0.2, 0) is 20.9 Å². The lowest BCUT2D eigenvalue weighted by Crippen LogP contribution is -2.54. The van der Waals surface area contributed by atoms with Crippen molar-refractivity contribution in [3.05, 3.63) is 96.4 Å². The molecule has 5 aromatic rings. The van der Waals surface area contributed by atoms with Gasteiger partial charge in [-0.25, -0.2) is 9.97 Å². The molecular weight excluding hydrogens is 711 g/mol. The van der Waals surface area contributed by atoms with E-state index < -0.39 is 29.7 Å². The summed E-state index contributed by atoms with van der Waals surface area (Å²) in [4.78, 5) is 77.5. The number of hydrogen-bond acceptors (Lipinski definition) is 10. The second kappa shape index (κ2) is 14.3. The zero-order valence-electron chi connectivity index (χ0n) is 30.9. The Morgan fingerprint density at radius 3 is 2.41 bits per heavy atom. The van der Waals surface area contributed by atoms with Gasteiger partial charge in [-0.15, -0.1) is 0 Å². The monoisotopic (exact) mass is 751 g/mol. The predicted molar refractivity (Wildman–Crippen MR) is 209 cm³/mol. The summed E-state index contributed by atoms with van der Waals surface area (Å²) in [5.41, 5.74) is 5.21. The Hall–Kier alpha value is -6.44. The maximum absolute atomic E-state index is 13.3. The van der Waals surface area contributed by atoms with E-state index in [2.05, 4.69) is 30.6 Å². The minimum atomic E-state index is -0.985. The first-order valence-electron chi connectivity index (χ1n) is 19.2. The maximum atomic E-state index is 13.3. The van der Waals surface area contributed by atoms with Gasteiger partial charge in [0.2, 0.25) is 23.7 Å². The van der Waals surface area contributed by atoms with Crippen molar-refractivity contribution >= 4 is 57.8 Å². The highest BCUT2D eigenvalue weighted by Gasteiger charge is 2.45. The van der Waals surface area contributed by atoms with E-state index in [1.165, 1.54) is 0 Å². The van der Waals surface area contributed by atoms with Gasteiger partial charge in [0.05, 0.1) is 22.8 Å². The second-order valence-corrected chi connectivity index (χ2v) is 15.2. The van der Waals surface area contributed by atoms with Crippen LogP contribution in [0.15, 0.2) is 85.3 Å². The lowest BCUT2D eigenvalue weighted by molar-refractivity contribution is -0.136. The number of rotatable bonds is 9. The predicted octanol–water partition coefficient (Wildman–Crippen LogP) is 4.81. The quantitative estimate of drug-likeness (QED) is 0.200. The number of nitrogens with one attached hydrogen (secondary N) is 2. The number of anilines is 3. The van der Waals surface area contributed by atoms with Gasteiger partial charge in [0.25, 0.3) is 11.8 Å². The molecule has 0 bridgehead atoms. The third-order valence-corrected chi connectivity index (χ3v) is 11.5. The van der Waals surface area contributed by atoms with Gasteiger partial charge < -0.3 is 15.1 Å². The van der Waals surface area contributed by atoms with Crippen LogP contribution in [0.1, 0.15) is 66.2 Å². The summed E-state index contributed by atoms with van der Waals surface area (Å²) in [5, 5.41) is 11.4. The lowest BCUT2D eigenvalue weighted by atomic mass is 9.89. The fraction of sp³-hybridized carbons (Fsp3) is 0.333. The largest absolute Gasteiger partial charge is 0.371 e. The average Bonchev–Trinajstić information content (AvgIpc) is 3.75. The number of carbonyl (C=O) groups excluding carboxylic acids is 5. The van der Waals surface area contributed by atoms with Crippen LogP contribution in [0, 0.1) is 5.92 Å². The Kier molecular flexibility index (Phi) is 9.02. The van der Waals surface area contributed by atoms with Crippen LogP contribution < -0.4 is 20.4 Å². The van der Waals surface area contributed by atoms with Crippen molar-refractivity contribution in [1.29, 1.82) is 0 Å². The molecule has 5 amide bonds. The maximum Gasteiger partial charge on any atom is 0.262 e. The van der Waals surface area contributed by atoms with E-state index in [9.17, 15) is 24.0 Å². The van der Waals surface area contributed by atoms with E-state index in [-0.39, 0.29) is 42.0 Å². The van der Waals surface area contributed by atoms with Gasteiger partial charge in [0, 0.05) is 85.7 Å². The molecule has 56 heavy (non-hydrogen) atoms. The number of carbonyl (C=O) groups is 5. The van der Waals surface area contributed by atoms with E-state index >= 15 is 0 Å². The molecule has 1 atom stereocenters. The number of piperidine rings is 1. The fourth-order valence-electron chi connectivity index (χ4n) is 8.60. The highest BCUT2D eigenvalue weighted by molar-refractivity contribution is 6.23. The molecule has 1 unspecified atom stereocenters. The third kappa shape index (κ3) is 6.65. The summed E-state index contributed by atoms with van der Waals surface area (Å²) in [6, 6.07) is 20.7. The van der Waals surface area contributed by atoms with Crippen LogP contribution in [0.25, 0.3) is 22.0 Å². The molecule has 2 aromatic heterocycles. The van der Waals surface area contributed by atoms with Crippen molar-refractivity contribution in [2.45, 2.75) is 70.1 Å². The molecule has 5 heterocycles. The lowest BCUT2D eigenvalue weighted by Gasteiger charge is -2.41. The first-order chi connectivity index (χ1) is 27.2. The van der Waals surface area contributed by atoms with Crippen LogP contribution in [0.3, 0.4) is 0 Å². The zero-order chi connectivity index (χ0) is 38.5. The normalized spacial score (nSPS) is 21.2. The molecule has 14 heteroatoms. The van der Waals surface area contributed by atoms with Gasteiger partial charge in [-0.05, 0) is 74.1 Å². The number of aromatic nitrogens is 4. The zero-order valence-corrected chi connectivity index (χ0v) is 30.9. The SMILES string of the molecule is CC(=O)N(c1ccc(-c2cnn(CC3CN(c4ccc5c(c4)C(=O)N(C4CCC(=O)NC4=O)C5=O)C3)c2)cc1)C1CCC(Nc2ncc3ccccc3n2)CC1. The summed E-state index contributed by atoms with van der Waals surface area (Å²) >= 11 is 0. The van der Waals surface area contributed by atoms with Gasteiger partial charge in [0.1, 0.15) is 6.04 Å². The van der Waals surface area contributed by atoms with Gasteiger partial charge in [-0.3, -0.25) is 38.9 Å². The molecule has 3 fully saturated rings. The summed E-state index contributed by atoms with van der Waals surface area (Å²) < 4.78 is 1.95. The van der Waals surface area contributed by atoms with Gasteiger partial charge >= 0.3 is 0 Å². The second-order valence-electron chi connectivity index (χ2n) is 15.2. The molecule has 1 saturated carbocycles. The van der Waals surface area contributed by atoms with Crippen molar-refractivity contribution < 1.29 is 24.0 Å². The first-order valence-corrected chi connectivity index (χ1v) is 19.2. The summed E-state index contributed by atoms with van der Waals surface area (Å²) in [5.74, 6) is -1.02. The number of imide groups is 2. The standard InChI is InChI=1S/C42H41N9O5/c1-25(52)50(32-12-8-30(9-13-32)45-42-43-19-28-4-2-3-5-36(28)46-42)31-10-6-27(7-11-31)29-20-44-49(24-29)23-26-21-48(22-26)33-14-15-34-35(18-33)41(56)51(40(34)55)37-16-17-38(53)47-39(37)54/h2-7,10-11,14-15,18-20,24,26,30,32,37H,8-9,12-13,16-17,21-23H2,1H3,(H,43,45,46)(H,47,53,54). The van der Waals surface area contributed by atoms with E-state index in [1.807, 2.05) is 82.8 Å². The summed E-state index contributed by atoms with van der Waals surface area (Å²) in [7, 11) is 0. The number of fused-ring (bicyclic) bond motifs is 2. The number of nitrogens with zero attached hydrogens (tertiary/aromatic N) is 7. The van der Waals surface area contributed by atoms with Crippen molar-refractivity contribution in [2.75, 3.05) is 28.2 Å². The Labute approximate surface area is 322 Å². The van der Waals surface area contributed by atoms with Crippen LogP contribution in [0.4, 0.5) is 17.3 Å². The number of hydrogen-bond donors (Lipinski definition) is 2. The molecule has 9 rings (SSSR count). The van der Waals surface area contributed by atoms with Gasteiger partial charge in [0.15, 0.2) is 0 Å². The van der Waals surface area contributed by atoms with E-state index in [0.717, 1.165) is 83.6 Å². The molecule has 14 nitrogen and oxygen atoms in total. The molecule has 2 N–H and O–H groups in total. The van der Waals surface area contributed by atoms with E-state index in [0.29, 0.717) is 11.9 Å². The molecule has 0 radical (unpaired) electrons. The summed E-state index contributed by atoms with van der Waals surface area (Å²) in [6.07, 6.45) is 9.55. The average molecular weight is 752 g/mol.